The Bertz CT molecular complexity index is 749. The first-order valence-electron chi connectivity index (χ1n) is 11.0. The highest BCUT2D eigenvalue weighted by Gasteiger charge is 2.28. The summed E-state index contributed by atoms with van der Waals surface area (Å²) in [5, 5.41) is 2.62. The molecule has 1 N–H and O–H groups in total. The second kappa shape index (κ2) is 12.3. The summed E-state index contributed by atoms with van der Waals surface area (Å²) in [5.41, 5.74) is -1.41. The van der Waals surface area contributed by atoms with E-state index in [1.807, 2.05) is 30.3 Å². The number of ether oxygens (including phenoxy) is 3. The third-order valence-electron chi connectivity index (χ3n) is 3.78. The predicted octanol–water partition coefficient (Wildman–Crippen LogP) is 5.23. The van der Waals surface area contributed by atoms with E-state index in [-0.39, 0.29) is 19.1 Å². The van der Waals surface area contributed by atoms with Gasteiger partial charge in [0.1, 0.15) is 23.6 Å². The molecule has 0 aliphatic carbocycles. The summed E-state index contributed by atoms with van der Waals surface area (Å²) in [6.45, 7) is 15.5. The number of hydrogen-bond acceptors (Lipinski definition) is 6. The fourth-order valence-corrected chi connectivity index (χ4v) is 2.39. The Kier molecular flexibility index (Phi) is 10.5. The van der Waals surface area contributed by atoms with Gasteiger partial charge in [-0.2, -0.15) is 0 Å². The average molecular weight is 450 g/mol. The summed E-state index contributed by atoms with van der Waals surface area (Å²) < 4.78 is 16.7. The van der Waals surface area contributed by atoms with Gasteiger partial charge < -0.3 is 14.2 Å². The number of nitrogens with zero attached hydrogens (tertiary/aromatic N) is 2. The van der Waals surface area contributed by atoms with Gasteiger partial charge in [0, 0.05) is 6.54 Å². The molecule has 0 aromatic heterocycles. The summed E-state index contributed by atoms with van der Waals surface area (Å²) in [6.07, 6.45) is -0.533. The summed E-state index contributed by atoms with van der Waals surface area (Å²) in [6, 6.07) is 9.28. The molecule has 0 saturated carbocycles. The van der Waals surface area contributed by atoms with Crippen LogP contribution in [0.2, 0.25) is 0 Å². The molecule has 0 aliphatic rings. The Morgan fingerprint density at radius 3 is 2.12 bits per heavy atom. The molecule has 0 radical (unpaired) electrons. The molecular formula is C24H39N3O5. The molecule has 0 spiro atoms. The first kappa shape index (κ1) is 27.3. The lowest BCUT2D eigenvalue weighted by Crippen LogP contribution is -2.51. The molecule has 0 fully saturated rings. The first-order valence-corrected chi connectivity index (χ1v) is 11.0. The third-order valence-corrected chi connectivity index (χ3v) is 3.78. The quantitative estimate of drug-likeness (QED) is 0.455. The first-order chi connectivity index (χ1) is 14.8. The molecule has 0 heterocycles. The van der Waals surface area contributed by atoms with Gasteiger partial charge in [-0.3, -0.25) is 10.3 Å². The number of aliphatic imine (C=N–C) groups is 1. The van der Waals surface area contributed by atoms with Gasteiger partial charge in [0.25, 0.3) is 0 Å². The van der Waals surface area contributed by atoms with Crippen LogP contribution in [0.15, 0.2) is 35.3 Å². The van der Waals surface area contributed by atoms with Crippen LogP contribution in [0.5, 0.6) is 5.75 Å². The van der Waals surface area contributed by atoms with Gasteiger partial charge in [-0.1, -0.05) is 32.0 Å². The molecule has 1 aromatic rings. The van der Waals surface area contributed by atoms with Crippen molar-refractivity contribution in [3.63, 3.8) is 0 Å². The minimum absolute atomic E-state index is 0.0748. The van der Waals surface area contributed by atoms with Crippen molar-refractivity contribution in [1.82, 2.24) is 10.2 Å². The number of carbonyl (C=O) groups excluding carboxylic acids is 2. The normalized spacial score (nSPS) is 12.3. The molecule has 8 nitrogen and oxygen atoms in total. The Balaban J connectivity index is 3.08. The number of rotatable bonds is 7. The maximum Gasteiger partial charge on any atom is 0.417 e. The van der Waals surface area contributed by atoms with Crippen molar-refractivity contribution in [1.29, 1.82) is 0 Å². The Morgan fingerprint density at radius 1 is 1.00 bits per heavy atom. The molecule has 180 valence electrons. The van der Waals surface area contributed by atoms with Crippen molar-refractivity contribution in [3.05, 3.63) is 30.3 Å². The van der Waals surface area contributed by atoms with Crippen LogP contribution in [0.4, 0.5) is 9.59 Å². The summed E-state index contributed by atoms with van der Waals surface area (Å²) in [4.78, 5) is 31.2. The molecule has 0 atom stereocenters. The number of alkyl carbamates (subject to hydrolysis) is 1. The van der Waals surface area contributed by atoms with Crippen molar-refractivity contribution >= 4 is 18.1 Å². The highest BCUT2D eigenvalue weighted by atomic mass is 16.6. The molecule has 0 unspecified atom stereocenters. The van der Waals surface area contributed by atoms with Crippen molar-refractivity contribution in [3.8, 4) is 5.75 Å². The minimum atomic E-state index is -0.718. The van der Waals surface area contributed by atoms with E-state index >= 15 is 0 Å². The predicted molar refractivity (Wildman–Crippen MR) is 126 cm³/mol. The van der Waals surface area contributed by atoms with Crippen LogP contribution >= 0.6 is 0 Å². The Labute approximate surface area is 192 Å². The minimum Gasteiger partial charge on any atom is -0.492 e. The maximum absolute atomic E-state index is 13.0. The second-order valence-corrected chi connectivity index (χ2v) is 9.81. The van der Waals surface area contributed by atoms with Gasteiger partial charge in [-0.05, 0) is 66.0 Å². The van der Waals surface area contributed by atoms with Crippen LogP contribution in [0, 0.1) is 5.92 Å². The molecule has 1 rings (SSSR count). The SMILES string of the molecule is CC(C)CCN=C(NC(=O)OC(C)(C)C)N(CCOc1ccccc1)C(=O)OC(C)(C)C. The summed E-state index contributed by atoms with van der Waals surface area (Å²) in [5.74, 6) is 1.17. The molecule has 2 amide bonds. The number of carbonyl (C=O) groups is 2. The second-order valence-electron chi connectivity index (χ2n) is 9.81. The van der Waals surface area contributed by atoms with E-state index in [0.29, 0.717) is 18.2 Å². The average Bonchev–Trinajstić information content (AvgIpc) is 2.62. The molecular weight excluding hydrogens is 410 g/mol. The topological polar surface area (TPSA) is 89.5 Å². The molecule has 1 aromatic carbocycles. The number of para-hydroxylation sites is 1. The maximum atomic E-state index is 13.0. The molecule has 0 aliphatic heterocycles. The monoisotopic (exact) mass is 449 g/mol. The van der Waals surface area contributed by atoms with E-state index in [1.54, 1.807) is 41.5 Å². The fourth-order valence-electron chi connectivity index (χ4n) is 2.39. The van der Waals surface area contributed by atoms with E-state index < -0.39 is 23.4 Å². The van der Waals surface area contributed by atoms with Crippen LogP contribution in [-0.2, 0) is 9.47 Å². The lowest BCUT2D eigenvalue weighted by Gasteiger charge is -2.29. The number of guanidine groups is 1. The molecule has 0 bridgehead atoms. The highest BCUT2D eigenvalue weighted by Crippen LogP contribution is 2.13. The van der Waals surface area contributed by atoms with Crippen molar-refractivity contribution in [2.75, 3.05) is 19.7 Å². The lowest BCUT2D eigenvalue weighted by molar-refractivity contribution is 0.0341. The highest BCUT2D eigenvalue weighted by molar-refractivity contribution is 6.01. The van der Waals surface area contributed by atoms with Crippen LogP contribution in [0.3, 0.4) is 0 Å². The Hall–Kier alpha value is -2.77. The number of benzene rings is 1. The lowest BCUT2D eigenvalue weighted by atomic mass is 10.1. The molecule has 0 saturated heterocycles. The van der Waals surface area contributed by atoms with Gasteiger partial charge in [-0.15, -0.1) is 0 Å². The molecule has 32 heavy (non-hydrogen) atoms. The van der Waals surface area contributed by atoms with Gasteiger partial charge >= 0.3 is 12.2 Å². The van der Waals surface area contributed by atoms with E-state index in [9.17, 15) is 9.59 Å². The zero-order valence-electron chi connectivity index (χ0n) is 20.7. The standard InChI is InChI=1S/C24H39N3O5/c1-18(2)14-15-25-20(26-21(28)31-23(3,4)5)27(22(29)32-24(6,7)8)16-17-30-19-12-10-9-11-13-19/h9-13,18H,14-17H2,1-8H3,(H,25,26,28). The van der Waals surface area contributed by atoms with Gasteiger partial charge in [-0.25, -0.2) is 14.5 Å². The summed E-state index contributed by atoms with van der Waals surface area (Å²) in [7, 11) is 0. The number of nitrogens with one attached hydrogen (secondary N) is 1. The summed E-state index contributed by atoms with van der Waals surface area (Å²) >= 11 is 0. The smallest absolute Gasteiger partial charge is 0.417 e. The number of amides is 2. The van der Waals surface area contributed by atoms with E-state index in [0.717, 1.165) is 6.42 Å². The van der Waals surface area contributed by atoms with Crippen LogP contribution < -0.4 is 10.1 Å². The van der Waals surface area contributed by atoms with Crippen LogP contribution in [-0.4, -0.2) is 53.9 Å². The largest absolute Gasteiger partial charge is 0.492 e. The fraction of sp³-hybridized carbons (Fsp3) is 0.625. The van der Waals surface area contributed by atoms with Crippen LogP contribution in [0.1, 0.15) is 61.8 Å². The molecule has 8 heteroatoms. The number of hydrogen-bond donors (Lipinski definition) is 1. The zero-order valence-corrected chi connectivity index (χ0v) is 20.7. The van der Waals surface area contributed by atoms with Crippen molar-refractivity contribution in [2.45, 2.75) is 73.0 Å². The third kappa shape index (κ3) is 12.2. The van der Waals surface area contributed by atoms with Gasteiger partial charge in [0.05, 0.1) is 6.54 Å². The van der Waals surface area contributed by atoms with Crippen molar-refractivity contribution in [2.24, 2.45) is 10.9 Å². The van der Waals surface area contributed by atoms with Gasteiger partial charge in [0.2, 0.25) is 5.96 Å². The zero-order chi connectivity index (χ0) is 24.4. The van der Waals surface area contributed by atoms with Crippen LogP contribution in [0.25, 0.3) is 0 Å². The van der Waals surface area contributed by atoms with E-state index in [1.165, 1.54) is 4.90 Å². The van der Waals surface area contributed by atoms with Gasteiger partial charge in [0.15, 0.2) is 0 Å². The van der Waals surface area contributed by atoms with E-state index in [4.69, 9.17) is 14.2 Å². The van der Waals surface area contributed by atoms with E-state index in [2.05, 4.69) is 24.2 Å². The van der Waals surface area contributed by atoms with Crippen molar-refractivity contribution < 1.29 is 23.8 Å². The Morgan fingerprint density at radius 2 is 1.59 bits per heavy atom.